The Morgan fingerprint density at radius 2 is 2.21 bits per heavy atom. The third-order valence-corrected chi connectivity index (χ3v) is 2.08. The fourth-order valence-electron chi connectivity index (χ4n) is 1.29. The van der Waals surface area contributed by atoms with E-state index >= 15 is 0 Å². The van der Waals surface area contributed by atoms with Gasteiger partial charge in [-0.15, -0.1) is 0 Å². The zero-order valence-electron chi connectivity index (χ0n) is 7.99. The zero-order valence-corrected chi connectivity index (χ0v) is 7.99. The molecule has 14 heavy (non-hydrogen) atoms. The van der Waals surface area contributed by atoms with Gasteiger partial charge in [0.15, 0.2) is 5.58 Å². The number of carbonyl (C=O) groups excluding carboxylic acids is 1. The second kappa shape index (κ2) is 3.62. The molecule has 0 saturated carbocycles. The molecule has 2 aromatic rings. The molecule has 0 aliphatic heterocycles. The van der Waals surface area contributed by atoms with E-state index in [2.05, 4.69) is 4.98 Å². The van der Waals surface area contributed by atoms with E-state index in [0.717, 1.165) is 11.1 Å². The van der Waals surface area contributed by atoms with Crippen LogP contribution < -0.4 is 0 Å². The SMILES string of the molecule is CCC(=O)Cc1nc2ccccc2o1. The average Bonchev–Trinajstić information content (AvgIpc) is 2.59. The van der Waals surface area contributed by atoms with Crippen molar-refractivity contribution >= 4 is 16.9 Å². The normalized spacial score (nSPS) is 10.6. The average molecular weight is 189 g/mol. The Balaban J connectivity index is 2.31. The first kappa shape index (κ1) is 8.94. The van der Waals surface area contributed by atoms with Gasteiger partial charge in [0.1, 0.15) is 11.3 Å². The van der Waals surface area contributed by atoms with Crippen molar-refractivity contribution in [3.8, 4) is 0 Å². The van der Waals surface area contributed by atoms with Crippen LogP contribution in [0.15, 0.2) is 28.7 Å². The summed E-state index contributed by atoms with van der Waals surface area (Å²) in [5.41, 5.74) is 1.55. The van der Waals surface area contributed by atoms with Crippen molar-refractivity contribution in [3.05, 3.63) is 30.2 Å². The lowest BCUT2D eigenvalue weighted by Crippen LogP contribution is -1.99. The first-order valence-electron chi connectivity index (χ1n) is 4.65. The summed E-state index contributed by atoms with van der Waals surface area (Å²) in [6.07, 6.45) is 0.823. The van der Waals surface area contributed by atoms with Gasteiger partial charge in [0.25, 0.3) is 0 Å². The molecule has 3 nitrogen and oxygen atoms in total. The minimum Gasteiger partial charge on any atom is -0.440 e. The maximum absolute atomic E-state index is 11.2. The van der Waals surface area contributed by atoms with Crippen LogP contribution in [-0.4, -0.2) is 10.8 Å². The number of hydrogen-bond acceptors (Lipinski definition) is 3. The van der Waals surface area contributed by atoms with Crippen molar-refractivity contribution in [1.29, 1.82) is 0 Å². The lowest BCUT2D eigenvalue weighted by molar-refractivity contribution is -0.118. The highest BCUT2D eigenvalue weighted by Gasteiger charge is 2.08. The van der Waals surface area contributed by atoms with Crippen LogP contribution in [0.3, 0.4) is 0 Å². The highest BCUT2D eigenvalue weighted by Crippen LogP contribution is 2.15. The van der Waals surface area contributed by atoms with Crippen molar-refractivity contribution < 1.29 is 9.21 Å². The Labute approximate surface area is 81.7 Å². The van der Waals surface area contributed by atoms with Crippen molar-refractivity contribution in [1.82, 2.24) is 4.98 Å². The molecule has 0 amide bonds. The van der Waals surface area contributed by atoms with E-state index in [-0.39, 0.29) is 5.78 Å². The lowest BCUT2D eigenvalue weighted by atomic mass is 10.2. The summed E-state index contributed by atoms with van der Waals surface area (Å²) in [6, 6.07) is 7.51. The monoisotopic (exact) mass is 189 g/mol. The van der Waals surface area contributed by atoms with Crippen LogP contribution in [0.4, 0.5) is 0 Å². The summed E-state index contributed by atoms with van der Waals surface area (Å²) in [4.78, 5) is 15.4. The van der Waals surface area contributed by atoms with Gasteiger partial charge in [0, 0.05) is 6.42 Å². The molecule has 2 rings (SSSR count). The Kier molecular flexibility index (Phi) is 2.31. The predicted molar refractivity (Wildman–Crippen MR) is 53.0 cm³/mol. The molecule has 0 radical (unpaired) electrons. The lowest BCUT2D eigenvalue weighted by Gasteiger charge is -1.89. The van der Waals surface area contributed by atoms with Crippen LogP contribution in [0, 0.1) is 0 Å². The first-order valence-corrected chi connectivity index (χ1v) is 4.65. The van der Waals surface area contributed by atoms with Gasteiger partial charge >= 0.3 is 0 Å². The van der Waals surface area contributed by atoms with Gasteiger partial charge in [0.05, 0.1) is 6.42 Å². The van der Waals surface area contributed by atoms with Crippen LogP contribution in [0.2, 0.25) is 0 Å². The second-order valence-electron chi connectivity index (χ2n) is 3.14. The van der Waals surface area contributed by atoms with E-state index in [1.165, 1.54) is 0 Å². The van der Waals surface area contributed by atoms with Crippen LogP contribution in [0.25, 0.3) is 11.1 Å². The third-order valence-electron chi connectivity index (χ3n) is 2.08. The van der Waals surface area contributed by atoms with Crippen LogP contribution in [-0.2, 0) is 11.2 Å². The van der Waals surface area contributed by atoms with E-state index in [9.17, 15) is 4.79 Å². The van der Waals surface area contributed by atoms with Gasteiger partial charge in [0.2, 0.25) is 5.89 Å². The van der Waals surface area contributed by atoms with E-state index in [0.29, 0.717) is 18.7 Å². The van der Waals surface area contributed by atoms with Gasteiger partial charge in [-0.1, -0.05) is 19.1 Å². The number of fused-ring (bicyclic) bond motifs is 1. The molecule has 1 aromatic carbocycles. The molecule has 0 atom stereocenters. The molecule has 1 aromatic heterocycles. The van der Waals surface area contributed by atoms with Crippen LogP contribution in [0.5, 0.6) is 0 Å². The highest BCUT2D eigenvalue weighted by molar-refractivity contribution is 5.80. The van der Waals surface area contributed by atoms with Gasteiger partial charge in [-0.25, -0.2) is 4.98 Å². The molecule has 0 unspecified atom stereocenters. The first-order chi connectivity index (χ1) is 6.79. The van der Waals surface area contributed by atoms with Gasteiger partial charge in [-0.3, -0.25) is 4.79 Å². The van der Waals surface area contributed by atoms with Crippen molar-refractivity contribution in [2.75, 3.05) is 0 Å². The quantitative estimate of drug-likeness (QED) is 0.744. The largest absolute Gasteiger partial charge is 0.440 e. The number of hydrogen-bond donors (Lipinski definition) is 0. The summed E-state index contributed by atoms with van der Waals surface area (Å²) in [5.74, 6) is 0.662. The van der Waals surface area contributed by atoms with Crippen molar-refractivity contribution in [3.63, 3.8) is 0 Å². The molecule has 0 fully saturated rings. The Hall–Kier alpha value is -1.64. The fourth-order valence-corrected chi connectivity index (χ4v) is 1.29. The molecule has 0 N–H and O–H groups in total. The number of ketones is 1. The molecule has 0 spiro atoms. The molecule has 0 bridgehead atoms. The van der Waals surface area contributed by atoms with Crippen molar-refractivity contribution in [2.45, 2.75) is 19.8 Å². The molecular weight excluding hydrogens is 178 g/mol. The second-order valence-corrected chi connectivity index (χ2v) is 3.14. The molecule has 3 heteroatoms. The number of Topliss-reactive ketones (excluding diaryl/α,β-unsaturated/α-hetero) is 1. The highest BCUT2D eigenvalue weighted by atomic mass is 16.3. The summed E-state index contributed by atoms with van der Waals surface area (Å²) >= 11 is 0. The Bertz CT molecular complexity index is 426. The minimum absolute atomic E-state index is 0.150. The number of aromatic nitrogens is 1. The number of oxazole rings is 1. The molecule has 0 saturated heterocycles. The molecule has 0 aliphatic rings. The maximum Gasteiger partial charge on any atom is 0.202 e. The van der Waals surface area contributed by atoms with E-state index < -0.39 is 0 Å². The zero-order chi connectivity index (χ0) is 9.97. The van der Waals surface area contributed by atoms with E-state index in [4.69, 9.17) is 4.42 Å². The third kappa shape index (κ3) is 1.66. The Morgan fingerprint density at radius 3 is 2.93 bits per heavy atom. The number of para-hydroxylation sites is 2. The topological polar surface area (TPSA) is 43.1 Å². The smallest absolute Gasteiger partial charge is 0.202 e. The van der Waals surface area contributed by atoms with Crippen LogP contribution >= 0.6 is 0 Å². The van der Waals surface area contributed by atoms with E-state index in [1.54, 1.807) is 0 Å². The van der Waals surface area contributed by atoms with Gasteiger partial charge in [-0.2, -0.15) is 0 Å². The predicted octanol–water partition coefficient (Wildman–Crippen LogP) is 2.35. The molecule has 72 valence electrons. The van der Waals surface area contributed by atoms with Crippen molar-refractivity contribution in [2.24, 2.45) is 0 Å². The minimum atomic E-state index is 0.150. The number of rotatable bonds is 3. The standard InChI is InChI=1S/C11H11NO2/c1-2-8(13)7-11-12-9-5-3-4-6-10(9)14-11/h3-6H,2,7H2,1H3. The summed E-state index contributed by atoms with van der Waals surface area (Å²) in [5, 5.41) is 0. The molecule has 0 aliphatic carbocycles. The van der Waals surface area contributed by atoms with E-state index in [1.807, 2.05) is 31.2 Å². The summed E-state index contributed by atoms with van der Waals surface area (Å²) < 4.78 is 5.41. The number of benzene rings is 1. The van der Waals surface area contributed by atoms with Gasteiger partial charge < -0.3 is 4.42 Å². The summed E-state index contributed by atoms with van der Waals surface area (Å²) in [6.45, 7) is 1.84. The molecular formula is C11H11NO2. The van der Waals surface area contributed by atoms with Gasteiger partial charge in [-0.05, 0) is 12.1 Å². The Morgan fingerprint density at radius 1 is 1.43 bits per heavy atom. The summed E-state index contributed by atoms with van der Waals surface area (Å²) in [7, 11) is 0. The number of nitrogens with zero attached hydrogens (tertiary/aromatic N) is 1. The molecule has 1 heterocycles. The fraction of sp³-hybridized carbons (Fsp3) is 0.273. The van der Waals surface area contributed by atoms with Crippen LogP contribution in [0.1, 0.15) is 19.2 Å². The number of carbonyl (C=O) groups is 1. The maximum atomic E-state index is 11.2.